The summed E-state index contributed by atoms with van der Waals surface area (Å²) in [4.78, 5) is 34.0. The summed E-state index contributed by atoms with van der Waals surface area (Å²) in [6.07, 6.45) is 2.89. The normalized spacial score (nSPS) is 13.6. The number of nitrogens with one attached hydrogen (secondary N) is 1. The van der Waals surface area contributed by atoms with E-state index >= 15 is 0 Å². The molecule has 0 saturated carbocycles. The Bertz CT molecular complexity index is 1660. The van der Waals surface area contributed by atoms with Gasteiger partial charge in [0.25, 0.3) is 0 Å². The van der Waals surface area contributed by atoms with Gasteiger partial charge in [-0.3, -0.25) is 4.79 Å². The first-order chi connectivity index (χ1) is 18.6. The fourth-order valence-electron chi connectivity index (χ4n) is 4.49. The van der Waals surface area contributed by atoms with Crippen molar-refractivity contribution < 1.29 is 9.53 Å². The van der Waals surface area contributed by atoms with Crippen LogP contribution in [0, 0.1) is 6.92 Å². The van der Waals surface area contributed by atoms with Crippen LogP contribution in [0.3, 0.4) is 0 Å². The van der Waals surface area contributed by atoms with E-state index in [9.17, 15) is 4.79 Å². The van der Waals surface area contributed by atoms with Crippen molar-refractivity contribution in [3.8, 4) is 11.5 Å². The van der Waals surface area contributed by atoms with Crippen LogP contribution in [-0.4, -0.2) is 56.9 Å². The minimum absolute atomic E-state index is 0.0387. The summed E-state index contributed by atoms with van der Waals surface area (Å²) in [5.41, 5.74) is 6.05. The summed E-state index contributed by atoms with van der Waals surface area (Å²) in [7, 11) is 0. The van der Waals surface area contributed by atoms with Crippen molar-refractivity contribution in [3.05, 3.63) is 78.6 Å². The second kappa shape index (κ2) is 10.1. The third-order valence-corrected chi connectivity index (χ3v) is 7.33. The summed E-state index contributed by atoms with van der Waals surface area (Å²) in [5.74, 6) is 2.94. The number of hydrogen-bond acceptors (Lipinski definition) is 9. The number of carbonyl (C=O) groups is 1. The lowest BCUT2D eigenvalue weighted by Crippen LogP contribution is -2.48. The summed E-state index contributed by atoms with van der Waals surface area (Å²) in [5, 5.41) is 3.40. The number of thiazole rings is 1. The van der Waals surface area contributed by atoms with E-state index in [0.717, 1.165) is 44.3 Å². The number of benzene rings is 2. The molecule has 9 nitrogen and oxygen atoms in total. The average Bonchev–Trinajstić information content (AvgIpc) is 3.42. The number of amides is 1. The minimum atomic E-state index is -0.0387. The predicted octanol–water partition coefficient (Wildman–Crippen LogP) is 5.31. The van der Waals surface area contributed by atoms with Gasteiger partial charge in [-0.25, -0.2) is 19.9 Å². The van der Waals surface area contributed by atoms with E-state index in [4.69, 9.17) is 9.72 Å². The predicted molar refractivity (Wildman–Crippen MR) is 150 cm³/mol. The van der Waals surface area contributed by atoms with Crippen LogP contribution in [0.2, 0.25) is 0 Å². The second-order valence-corrected chi connectivity index (χ2v) is 9.85. The first-order valence-electron chi connectivity index (χ1n) is 12.2. The first-order valence-corrected chi connectivity index (χ1v) is 13.1. The third kappa shape index (κ3) is 4.73. The van der Waals surface area contributed by atoms with Gasteiger partial charge in [-0.2, -0.15) is 0 Å². The molecule has 190 valence electrons. The molecule has 0 radical (unpaired) electrons. The lowest BCUT2D eigenvalue weighted by molar-refractivity contribution is -0.126. The van der Waals surface area contributed by atoms with E-state index in [1.807, 2.05) is 61.0 Å². The van der Waals surface area contributed by atoms with E-state index in [-0.39, 0.29) is 5.91 Å². The molecule has 0 aliphatic carbocycles. The zero-order valence-electron chi connectivity index (χ0n) is 20.8. The molecule has 1 saturated heterocycles. The third-order valence-electron chi connectivity index (χ3n) is 6.52. The lowest BCUT2D eigenvalue weighted by atomic mass is 10.2. The number of carbonyl (C=O) groups excluding carboxylic acids is 1. The van der Waals surface area contributed by atoms with Gasteiger partial charge in [-0.1, -0.05) is 6.58 Å². The smallest absolute Gasteiger partial charge is 0.246 e. The largest absolute Gasteiger partial charge is 0.457 e. The summed E-state index contributed by atoms with van der Waals surface area (Å²) in [6, 6.07) is 15.8. The number of fused-ring (bicyclic) bond motifs is 2. The summed E-state index contributed by atoms with van der Waals surface area (Å²) >= 11 is 1.61. The molecule has 0 bridgehead atoms. The molecule has 38 heavy (non-hydrogen) atoms. The molecule has 5 aromatic rings. The van der Waals surface area contributed by atoms with Crippen LogP contribution < -0.4 is 15.0 Å². The van der Waals surface area contributed by atoms with Crippen molar-refractivity contribution in [1.29, 1.82) is 0 Å². The van der Waals surface area contributed by atoms with Crippen molar-refractivity contribution in [2.45, 2.75) is 6.92 Å². The zero-order valence-corrected chi connectivity index (χ0v) is 21.6. The van der Waals surface area contributed by atoms with Crippen molar-refractivity contribution in [1.82, 2.24) is 24.8 Å². The Morgan fingerprint density at radius 1 is 1.03 bits per heavy atom. The molecule has 1 aliphatic heterocycles. The number of pyridine rings is 1. The highest BCUT2D eigenvalue weighted by molar-refractivity contribution is 7.16. The molecular weight excluding hydrogens is 498 g/mol. The molecule has 10 heteroatoms. The van der Waals surface area contributed by atoms with Crippen molar-refractivity contribution in [3.63, 3.8) is 0 Å². The molecule has 6 rings (SSSR count). The van der Waals surface area contributed by atoms with Crippen molar-refractivity contribution >= 4 is 55.8 Å². The maximum Gasteiger partial charge on any atom is 0.246 e. The second-order valence-electron chi connectivity index (χ2n) is 8.97. The van der Waals surface area contributed by atoms with Crippen LogP contribution in [0.15, 0.2) is 73.0 Å². The topological polar surface area (TPSA) is 96.4 Å². The van der Waals surface area contributed by atoms with Crippen LogP contribution in [0.25, 0.3) is 21.3 Å². The number of piperazine rings is 1. The maximum atomic E-state index is 11.9. The van der Waals surface area contributed by atoms with Gasteiger partial charge in [0, 0.05) is 37.9 Å². The SMILES string of the molecule is C=CC(=O)N1CCN(c2ccc3ncnc(Nc4ccc(Oc5ccc6scnc6c5)c(C)c4)c3n2)CC1. The van der Waals surface area contributed by atoms with Gasteiger partial charge in [0.15, 0.2) is 5.82 Å². The van der Waals surface area contributed by atoms with Gasteiger partial charge in [-0.15, -0.1) is 11.3 Å². The summed E-state index contributed by atoms with van der Waals surface area (Å²) < 4.78 is 7.27. The van der Waals surface area contributed by atoms with E-state index in [1.165, 1.54) is 12.4 Å². The Hall–Kier alpha value is -4.57. The van der Waals surface area contributed by atoms with Crippen LogP contribution in [-0.2, 0) is 4.79 Å². The van der Waals surface area contributed by atoms with Gasteiger partial charge in [-0.05, 0) is 61.0 Å². The standard InChI is InChI=1S/C28H25N7O2S/c1-3-26(36)35-12-10-34(11-13-35)25-9-6-21-27(33-25)28(30-16-29-21)32-19-4-7-23(18(2)14-19)37-20-5-8-24-22(15-20)31-17-38-24/h3-9,14-17H,1,10-13H2,2H3,(H,29,30,32). The van der Waals surface area contributed by atoms with E-state index in [1.54, 1.807) is 16.2 Å². The van der Waals surface area contributed by atoms with Gasteiger partial charge < -0.3 is 19.9 Å². The number of aromatic nitrogens is 4. The van der Waals surface area contributed by atoms with Gasteiger partial charge in [0.2, 0.25) is 5.91 Å². The van der Waals surface area contributed by atoms with Gasteiger partial charge >= 0.3 is 0 Å². The lowest BCUT2D eigenvalue weighted by Gasteiger charge is -2.35. The highest BCUT2D eigenvalue weighted by atomic mass is 32.1. The van der Waals surface area contributed by atoms with E-state index in [0.29, 0.717) is 37.5 Å². The Labute approximate surface area is 223 Å². The number of ether oxygens (including phenoxy) is 1. The molecule has 0 spiro atoms. The average molecular weight is 524 g/mol. The van der Waals surface area contributed by atoms with Crippen LogP contribution >= 0.6 is 11.3 Å². The fraction of sp³-hybridized carbons (Fsp3) is 0.179. The fourth-order valence-corrected chi connectivity index (χ4v) is 5.15. The molecular formula is C28H25N7O2S. The Morgan fingerprint density at radius 2 is 1.89 bits per heavy atom. The monoisotopic (exact) mass is 523 g/mol. The molecule has 1 aliphatic rings. The molecule has 2 aromatic carbocycles. The molecule has 1 amide bonds. The Balaban J connectivity index is 1.21. The number of hydrogen-bond donors (Lipinski definition) is 1. The molecule has 3 aromatic heterocycles. The van der Waals surface area contributed by atoms with Gasteiger partial charge in [0.05, 0.1) is 21.2 Å². The highest BCUT2D eigenvalue weighted by Gasteiger charge is 2.21. The van der Waals surface area contributed by atoms with Crippen molar-refractivity contribution in [2.24, 2.45) is 0 Å². The quantitative estimate of drug-likeness (QED) is 0.299. The van der Waals surface area contributed by atoms with E-state index < -0.39 is 0 Å². The molecule has 1 N–H and O–H groups in total. The van der Waals surface area contributed by atoms with E-state index in [2.05, 4.69) is 31.7 Å². The molecule has 1 fully saturated rings. The molecule has 4 heterocycles. The Morgan fingerprint density at radius 3 is 2.71 bits per heavy atom. The van der Waals surface area contributed by atoms with Gasteiger partial charge in [0.1, 0.15) is 29.2 Å². The zero-order chi connectivity index (χ0) is 26.1. The van der Waals surface area contributed by atoms with Crippen LogP contribution in [0.4, 0.5) is 17.3 Å². The first kappa shape index (κ1) is 23.8. The molecule has 0 atom stereocenters. The van der Waals surface area contributed by atoms with Crippen molar-refractivity contribution in [2.75, 3.05) is 36.4 Å². The highest BCUT2D eigenvalue weighted by Crippen LogP contribution is 2.32. The maximum absolute atomic E-state index is 11.9. The number of nitrogens with zero attached hydrogens (tertiary/aromatic N) is 6. The van der Waals surface area contributed by atoms with Crippen LogP contribution in [0.1, 0.15) is 5.56 Å². The minimum Gasteiger partial charge on any atom is -0.457 e. The summed E-state index contributed by atoms with van der Waals surface area (Å²) in [6.45, 7) is 8.25. The number of rotatable bonds is 6. The number of aryl methyl sites for hydroxylation is 1. The number of anilines is 3. The molecule has 0 unspecified atom stereocenters. The Kier molecular flexibility index (Phi) is 6.30. The van der Waals surface area contributed by atoms with Crippen LogP contribution in [0.5, 0.6) is 11.5 Å².